The van der Waals surface area contributed by atoms with Gasteiger partial charge in [0.15, 0.2) is 5.88 Å². The predicted octanol–water partition coefficient (Wildman–Crippen LogP) is 5.11. The normalized spacial score (nSPS) is 12.1. The fraction of sp³-hybridized carbons (Fsp3) is 0.179. The zero-order valence-corrected chi connectivity index (χ0v) is 21.8. The molecule has 9 heteroatoms. The van der Waals surface area contributed by atoms with Crippen molar-refractivity contribution in [3.8, 4) is 5.88 Å². The van der Waals surface area contributed by atoms with Gasteiger partial charge < -0.3 is 24.5 Å². The Kier molecular flexibility index (Phi) is 6.45. The summed E-state index contributed by atoms with van der Waals surface area (Å²) >= 11 is 6.19. The highest BCUT2D eigenvalue weighted by Gasteiger charge is 2.20. The van der Waals surface area contributed by atoms with Crippen LogP contribution >= 0.6 is 11.6 Å². The molecule has 2 aromatic heterocycles. The van der Waals surface area contributed by atoms with Crippen LogP contribution in [0.5, 0.6) is 5.88 Å². The second-order valence-corrected chi connectivity index (χ2v) is 9.70. The molecule has 188 valence electrons. The van der Waals surface area contributed by atoms with Gasteiger partial charge in [-0.1, -0.05) is 23.7 Å². The fourth-order valence-corrected chi connectivity index (χ4v) is 4.52. The fourth-order valence-electron chi connectivity index (χ4n) is 4.34. The Balaban J connectivity index is 1.62. The van der Waals surface area contributed by atoms with Crippen molar-refractivity contribution in [3.05, 3.63) is 83.1 Å². The summed E-state index contributed by atoms with van der Waals surface area (Å²) in [4.78, 5) is 28.4. The average Bonchev–Trinajstić information content (AvgIpc) is 3.40. The Bertz CT molecular complexity index is 1650. The zero-order valence-electron chi connectivity index (χ0n) is 21.0. The number of nitrogens with zero attached hydrogens (tertiary/aromatic N) is 5. The molecule has 0 spiro atoms. The molecule has 5 rings (SSSR count). The molecule has 1 amide bonds. The van der Waals surface area contributed by atoms with E-state index in [9.17, 15) is 9.90 Å². The summed E-state index contributed by atoms with van der Waals surface area (Å²) in [6.45, 7) is 0.320. The van der Waals surface area contributed by atoms with Crippen molar-refractivity contribution >= 4 is 56.5 Å². The van der Waals surface area contributed by atoms with Crippen molar-refractivity contribution in [1.82, 2.24) is 19.4 Å². The van der Waals surface area contributed by atoms with Gasteiger partial charge in [0.2, 0.25) is 5.91 Å². The van der Waals surface area contributed by atoms with Crippen LogP contribution in [-0.4, -0.2) is 63.8 Å². The number of carbonyl (C=O) groups excluding carboxylic acids is 1. The quantitative estimate of drug-likeness (QED) is 0.308. The number of hydrogen-bond acceptors (Lipinski definition) is 5. The number of aliphatic imine (C=N–C) groups is 1. The van der Waals surface area contributed by atoms with E-state index >= 15 is 0 Å². The van der Waals surface area contributed by atoms with Gasteiger partial charge in [0.25, 0.3) is 0 Å². The van der Waals surface area contributed by atoms with Crippen LogP contribution in [0.4, 0.5) is 11.4 Å². The SMILES string of the molecule is CN(C)CC(=O)N(C)c1ccc(N=C(c2ccc3c(c2)ncn3C)c2c(O)[nH]c3cc(Cl)ccc23)cc1. The average molecular weight is 515 g/mol. The monoisotopic (exact) mass is 514 g/mol. The summed E-state index contributed by atoms with van der Waals surface area (Å²) < 4.78 is 1.95. The van der Waals surface area contributed by atoms with E-state index in [1.807, 2.05) is 79.1 Å². The van der Waals surface area contributed by atoms with Crippen LogP contribution in [0, 0.1) is 0 Å². The van der Waals surface area contributed by atoms with Gasteiger partial charge in [0, 0.05) is 35.8 Å². The van der Waals surface area contributed by atoms with Crippen molar-refractivity contribution in [2.45, 2.75) is 0 Å². The molecule has 0 aliphatic heterocycles. The number of aromatic nitrogens is 3. The van der Waals surface area contributed by atoms with E-state index in [2.05, 4.69) is 9.97 Å². The predicted molar refractivity (Wildman–Crippen MR) is 149 cm³/mol. The zero-order chi connectivity index (χ0) is 26.3. The molecule has 0 aliphatic rings. The molecule has 0 saturated carbocycles. The number of nitrogens with one attached hydrogen (secondary N) is 1. The van der Waals surface area contributed by atoms with Crippen LogP contribution < -0.4 is 4.90 Å². The van der Waals surface area contributed by atoms with Crippen LogP contribution in [0.1, 0.15) is 11.1 Å². The molecule has 0 radical (unpaired) electrons. The number of rotatable bonds is 6. The van der Waals surface area contributed by atoms with Crippen LogP contribution in [0.3, 0.4) is 0 Å². The third-order valence-corrected chi connectivity index (χ3v) is 6.52. The Morgan fingerprint density at radius 2 is 1.84 bits per heavy atom. The van der Waals surface area contributed by atoms with Crippen LogP contribution in [0.2, 0.25) is 5.02 Å². The summed E-state index contributed by atoms with van der Waals surface area (Å²) in [5.41, 5.74) is 5.94. The van der Waals surface area contributed by atoms with Gasteiger partial charge in [-0.15, -0.1) is 0 Å². The lowest BCUT2D eigenvalue weighted by Gasteiger charge is -2.19. The number of aromatic hydroxyl groups is 1. The number of fused-ring (bicyclic) bond motifs is 2. The van der Waals surface area contributed by atoms with Crippen molar-refractivity contribution in [2.24, 2.45) is 12.0 Å². The smallest absolute Gasteiger partial charge is 0.240 e. The first kappa shape index (κ1) is 24.5. The first-order valence-electron chi connectivity index (χ1n) is 11.7. The number of likely N-dealkylation sites (N-methyl/N-ethyl adjacent to an activating group) is 2. The number of halogens is 1. The van der Waals surface area contributed by atoms with Gasteiger partial charge in [-0.3, -0.25) is 4.79 Å². The standard InChI is InChI=1S/C28H27ClN6O2/c1-33(2)15-25(36)35(4)20-9-7-19(8-10-20)31-27(17-5-12-24-23(13-17)30-16-34(24)3)26-21-11-6-18(29)14-22(21)32-28(26)37/h5-14,16,32,37H,15H2,1-4H3. The minimum atomic E-state index is -0.00650. The highest BCUT2D eigenvalue weighted by molar-refractivity contribution is 6.31. The number of amides is 1. The molecule has 2 heterocycles. The minimum absolute atomic E-state index is 0.00256. The maximum atomic E-state index is 12.5. The summed E-state index contributed by atoms with van der Waals surface area (Å²) in [5, 5.41) is 12.3. The first-order valence-corrected chi connectivity index (χ1v) is 12.1. The van der Waals surface area contributed by atoms with Gasteiger partial charge in [-0.05, 0) is 62.6 Å². The Hall–Kier alpha value is -4.14. The molecule has 0 unspecified atom stereocenters. The van der Waals surface area contributed by atoms with Crippen molar-refractivity contribution in [1.29, 1.82) is 0 Å². The lowest BCUT2D eigenvalue weighted by Crippen LogP contribution is -2.34. The van der Waals surface area contributed by atoms with E-state index in [4.69, 9.17) is 16.6 Å². The van der Waals surface area contributed by atoms with Gasteiger partial charge in [-0.2, -0.15) is 0 Å². The van der Waals surface area contributed by atoms with Gasteiger partial charge in [0.1, 0.15) is 0 Å². The van der Waals surface area contributed by atoms with Gasteiger partial charge >= 0.3 is 0 Å². The van der Waals surface area contributed by atoms with E-state index in [1.165, 1.54) is 0 Å². The largest absolute Gasteiger partial charge is 0.494 e. The van der Waals surface area contributed by atoms with Gasteiger partial charge in [-0.25, -0.2) is 9.98 Å². The molecule has 0 aliphatic carbocycles. The Morgan fingerprint density at radius 3 is 2.57 bits per heavy atom. The van der Waals surface area contributed by atoms with E-state index in [0.29, 0.717) is 34.0 Å². The van der Waals surface area contributed by atoms with Crippen LogP contribution in [0.15, 0.2) is 72.0 Å². The van der Waals surface area contributed by atoms with E-state index < -0.39 is 0 Å². The number of anilines is 1. The highest BCUT2D eigenvalue weighted by Crippen LogP contribution is 2.33. The molecule has 5 aromatic rings. The number of H-pyrrole nitrogens is 1. The molecule has 0 fully saturated rings. The second kappa shape index (κ2) is 9.72. The molecule has 37 heavy (non-hydrogen) atoms. The van der Waals surface area contributed by atoms with Crippen LogP contribution in [-0.2, 0) is 11.8 Å². The molecule has 8 nitrogen and oxygen atoms in total. The van der Waals surface area contributed by atoms with E-state index in [1.54, 1.807) is 30.4 Å². The van der Waals surface area contributed by atoms with Crippen LogP contribution in [0.25, 0.3) is 21.9 Å². The highest BCUT2D eigenvalue weighted by atomic mass is 35.5. The summed E-state index contributed by atoms with van der Waals surface area (Å²) in [7, 11) is 7.43. The van der Waals surface area contributed by atoms with E-state index in [-0.39, 0.29) is 11.8 Å². The second-order valence-electron chi connectivity index (χ2n) is 9.26. The Labute approximate surface area is 219 Å². The van der Waals surface area contributed by atoms with Gasteiger partial charge in [0.05, 0.1) is 46.4 Å². The third kappa shape index (κ3) is 4.81. The maximum Gasteiger partial charge on any atom is 0.240 e. The molecular formula is C28H27ClN6O2. The third-order valence-electron chi connectivity index (χ3n) is 6.28. The molecule has 0 bridgehead atoms. The molecule has 2 N–H and O–H groups in total. The topological polar surface area (TPSA) is 89.8 Å². The number of hydrogen-bond donors (Lipinski definition) is 2. The lowest BCUT2D eigenvalue weighted by atomic mass is 10.00. The molecule has 3 aromatic carbocycles. The summed E-state index contributed by atoms with van der Waals surface area (Å²) in [6.07, 6.45) is 1.77. The first-order chi connectivity index (χ1) is 17.7. The summed E-state index contributed by atoms with van der Waals surface area (Å²) in [6, 6.07) is 18.8. The van der Waals surface area contributed by atoms with Crippen molar-refractivity contribution in [2.75, 3.05) is 32.6 Å². The Morgan fingerprint density at radius 1 is 1.08 bits per heavy atom. The van der Waals surface area contributed by atoms with E-state index in [0.717, 1.165) is 27.7 Å². The molecule has 0 atom stereocenters. The minimum Gasteiger partial charge on any atom is -0.494 e. The van der Waals surface area contributed by atoms with Crippen molar-refractivity contribution < 1.29 is 9.90 Å². The molecular weight excluding hydrogens is 488 g/mol. The number of aryl methyl sites for hydroxylation is 1. The number of benzene rings is 3. The number of carbonyl (C=O) groups is 1. The maximum absolute atomic E-state index is 12.5. The number of imidazole rings is 1. The van der Waals surface area contributed by atoms with Crippen molar-refractivity contribution in [3.63, 3.8) is 0 Å². The summed E-state index contributed by atoms with van der Waals surface area (Å²) in [5.74, 6) is -0.00394. The number of aromatic amines is 1. The molecule has 0 saturated heterocycles. The lowest BCUT2D eigenvalue weighted by molar-refractivity contribution is -0.118.